The Morgan fingerprint density at radius 3 is 1.50 bits per heavy atom. The largest absolute Gasteiger partial charge is 0.265 e. The van der Waals surface area contributed by atoms with Crippen LogP contribution in [0, 0.1) is 0 Å². The second kappa shape index (κ2) is 6.07. The Labute approximate surface area is 121 Å². The van der Waals surface area contributed by atoms with Crippen molar-refractivity contribution in [2.75, 3.05) is 11.9 Å². The molecule has 0 saturated carbocycles. The van der Waals surface area contributed by atoms with Crippen LogP contribution < -0.4 is 10.6 Å². The molecule has 0 amide bonds. The van der Waals surface area contributed by atoms with Crippen molar-refractivity contribution in [3.63, 3.8) is 0 Å². The van der Waals surface area contributed by atoms with Crippen LogP contribution in [0.2, 0.25) is 0 Å². The van der Waals surface area contributed by atoms with Gasteiger partial charge in [-0.05, 0) is 38.1 Å². The summed E-state index contributed by atoms with van der Waals surface area (Å²) < 4.78 is 25.8. The highest BCUT2D eigenvalue weighted by Gasteiger charge is 2.52. The van der Waals surface area contributed by atoms with Gasteiger partial charge >= 0.3 is 0 Å². The first-order valence-electron chi connectivity index (χ1n) is 6.80. The molecule has 4 heteroatoms. The Bertz CT molecular complexity index is 612. The van der Waals surface area contributed by atoms with Crippen LogP contribution in [0.5, 0.6) is 0 Å². The molecule has 0 fully saturated rings. The molecule has 0 aliphatic carbocycles. The van der Waals surface area contributed by atoms with Crippen LogP contribution in [0.1, 0.15) is 13.8 Å². The highest BCUT2D eigenvalue weighted by molar-refractivity contribution is 8.62. The van der Waals surface area contributed by atoms with Gasteiger partial charge in [-0.25, -0.2) is 0 Å². The Balaban J connectivity index is 2.79. The fourth-order valence-electron chi connectivity index (χ4n) is 2.59. The van der Waals surface area contributed by atoms with Crippen molar-refractivity contribution in [3.8, 4) is 0 Å². The number of rotatable bonds is 5. The highest BCUT2D eigenvalue weighted by atomic mass is 32.8. The number of hydrogen-bond acceptors (Lipinski definition) is 2. The number of benzene rings is 2. The maximum Gasteiger partial charge on any atom is 0.265 e. The van der Waals surface area contributed by atoms with Crippen LogP contribution in [0.25, 0.3) is 0 Å². The Hall–Kier alpha value is -1.18. The van der Waals surface area contributed by atoms with Crippen LogP contribution in [0.15, 0.2) is 60.7 Å². The molecule has 2 aromatic carbocycles. The summed E-state index contributed by atoms with van der Waals surface area (Å²) >= 11 is 0. The number of hydrogen-bond donors (Lipinski definition) is 0. The molecule has 20 heavy (non-hydrogen) atoms. The van der Waals surface area contributed by atoms with E-state index in [1.165, 1.54) is 0 Å². The minimum atomic E-state index is -3.17. The fraction of sp³-hybridized carbons (Fsp3) is 0.250. The predicted octanol–water partition coefficient (Wildman–Crippen LogP) is 3.02. The maximum atomic E-state index is 12.9. The zero-order valence-electron chi connectivity index (χ0n) is 11.9. The molecule has 0 radical (unpaired) electrons. The Morgan fingerprint density at radius 2 is 1.20 bits per heavy atom. The summed E-state index contributed by atoms with van der Waals surface area (Å²) in [6, 6.07) is 19.4. The van der Waals surface area contributed by atoms with Crippen molar-refractivity contribution in [3.05, 3.63) is 60.7 Å². The molecule has 106 valence electrons. The molecule has 0 aliphatic rings. The third-order valence-electron chi connectivity index (χ3n) is 3.63. The van der Waals surface area contributed by atoms with Gasteiger partial charge < -0.3 is 0 Å². The van der Waals surface area contributed by atoms with E-state index in [4.69, 9.17) is 0 Å². The third-order valence-corrected chi connectivity index (χ3v) is 14.1. The van der Waals surface area contributed by atoms with Crippen LogP contribution in [0.3, 0.4) is 0 Å². The molecule has 2 nitrogen and oxygen atoms in total. The van der Waals surface area contributed by atoms with E-state index in [9.17, 15) is 8.42 Å². The van der Waals surface area contributed by atoms with E-state index in [1.807, 2.05) is 67.6 Å². The normalized spacial score (nSPS) is 12.3. The molecule has 0 heterocycles. The summed E-state index contributed by atoms with van der Waals surface area (Å²) in [4.78, 5) is 0. The zero-order chi connectivity index (χ0) is 14.6. The molecular weight excluding hydrogens is 287 g/mol. The van der Waals surface area contributed by atoms with Gasteiger partial charge in [-0.3, -0.25) is 0 Å². The van der Waals surface area contributed by atoms with E-state index in [0.717, 1.165) is 10.6 Å². The standard InChI is InChI=1S/C16H20O2PS/c1-3-19(20(17,18)4-2,15-11-7-5-8-12-15)16-13-9-6-10-14-16/h5-14H,3-4H2,1-2H3/q+1. The van der Waals surface area contributed by atoms with Gasteiger partial charge in [-0.2, -0.15) is 8.42 Å². The molecule has 0 saturated heterocycles. The summed E-state index contributed by atoms with van der Waals surface area (Å²) in [6.07, 6.45) is 0.636. The second-order valence-corrected chi connectivity index (χ2v) is 13.0. The maximum absolute atomic E-state index is 12.9. The van der Waals surface area contributed by atoms with Crippen LogP contribution in [0.4, 0.5) is 0 Å². The van der Waals surface area contributed by atoms with Gasteiger partial charge in [-0.1, -0.05) is 36.4 Å². The van der Waals surface area contributed by atoms with Crippen LogP contribution >= 0.6 is 6.46 Å². The van der Waals surface area contributed by atoms with Gasteiger partial charge in [0.05, 0.1) is 11.9 Å². The van der Waals surface area contributed by atoms with Crippen molar-refractivity contribution in [1.29, 1.82) is 0 Å². The smallest absolute Gasteiger partial charge is 0.189 e. The van der Waals surface area contributed by atoms with Gasteiger partial charge in [0.2, 0.25) is 0 Å². The van der Waals surface area contributed by atoms with E-state index in [-0.39, 0.29) is 5.75 Å². The van der Waals surface area contributed by atoms with Gasteiger partial charge in [0.25, 0.3) is 9.46 Å². The topological polar surface area (TPSA) is 34.1 Å². The molecule has 0 spiro atoms. The third kappa shape index (κ3) is 2.41. The molecule has 2 rings (SSSR count). The quantitative estimate of drug-likeness (QED) is 0.796. The van der Waals surface area contributed by atoms with Crippen LogP contribution in [-0.4, -0.2) is 20.3 Å². The monoisotopic (exact) mass is 307 g/mol. The molecule has 0 aromatic heterocycles. The first-order chi connectivity index (χ1) is 9.58. The summed E-state index contributed by atoms with van der Waals surface area (Å²) in [5, 5.41) is 1.91. The highest BCUT2D eigenvalue weighted by Crippen LogP contribution is 2.62. The van der Waals surface area contributed by atoms with Gasteiger partial charge in [0.1, 0.15) is 10.6 Å². The molecule has 0 unspecified atom stereocenters. The minimum absolute atomic E-state index is 0.179. The summed E-state index contributed by atoms with van der Waals surface area (Å²) in [5.41, 5.74) is 0. The molecule has 0 aliphatic heterocycles. The lowest BCUT2D eigenvalue weighted by molar-refractivity contribution is 0.610. The first-order valence-corrected chi connectivity index (χ1v) is 11.0. The molecule has 0 N–H and O–H groups in total. The van der Waals surface area contributed by atoms with Crippen molar-refractivity contribution >= 4 is 26.5 Å². The lowest BCUT2D eigenvalue weighted by atomic mass is 10.4. The summed E-state index contributed by atoms with van der Waals surface area (Å²) in [6.45, 7) is 1.32. The van der Waals surface area contributed by atoms with E-state index in [2.05, 4.69) is 0 Å². The minimum Gasteiger partial charge on any atom is -0.189 e. The van der Waals surface area contributed by atoms with Crippen molar-refractivity contribution in [2.45, 2.75) is 13.8 Å². The zero-order valence-corrected chi connectivity index (χ0v) is 13.6. The first kappa shape index (κ1) is 15.2. The Morgan fingerprint density at radius 1 is 0.800 bits per heavy atom. The van der Waals surface area contributed by atoms with E-state index in [0.29, 0.717) is 6.16 Å². The van der Waals surface area contributed by atoms with Gasteiger partial charge in [0, 0.05) is 0 Å². The second-order valence-electron chi connectivity index (χ2n) is 4.60. The van der Waals surface area contributed by atoms with E-state index >= 15 is 0 Å². The molecule has 0 bridgehead atoms. The predicted molar refractivity (Wildman–Crippen MR) is 89.1 cm³/mol. The molecular formula is C16H20O2PS+. The molecule has 0 atom stereocenters. The summed E-state index contributed by atoms with van der Waals surface area (Å²) in [5.74, 6) is 0.179. The average Bonchev–Trinajstić information content (AvgIpc) is 2.50. The molecule has 2 aromatic rings. The van der Waals surface area contributed by atoms with Gasteiger partial charge in [0.15, 0.2) is 6.46 Å². The SMILES string of the molecule is CC[P+](c1ccccc1)(c1ccccc1)S(=O)(=O)CC. The van der Waals surface area contributed by atoms with E-state index < -0.39 is 15.9 Å². The van der Waals surface area contributed by atoms with Crippen molar-refractivity contribution < 1.29 is 8.42 Å². The average molecular weight is 307 g/mol. The van der Waals surface area contributed by atoms with Gasteiger partial charge in [-0.15, -0.1) is 0 Å². The summed E-state index contributed by atoms with van der Waals surface area (Å²) in [7, 11) is -3.17. The van der Waals surface area contributed by atoms with Crippen molar-refractivity contribution in [2.24, 2.45) is 0 Å². The lowest BCUT2D eigenvalue weighted by Gasteiger charge is -2.24. The van der Waals surface area contributed by atoms with Crippen molar-refractivity contribution in [1.82, 2.24) is 0 Å². The lowest BCUT2D eigenvalue weighted by Crippen LogP contribution is -2.31. The van der Waals surface area contributed by atoms with E-state index in [1.54, 1.807) is 6.92 Å². The fourth-order valence-corrected chi connectivity index (χ4v) is 11.6. The van der Waals surface area contributed by atoms with Crippen LogP contribution in [-0.2, 0) is 9.46 Å². The Kier molecular flexibility index (Phi) is 4.62.